The summed E-state index contributed by atoms with van der Waals surface area (Å²) in [6, 6.07) is 4.65. The zero-order valence-corrected chi connectivity index (χ0v) is 9.77. The number of carbonyl (C=O) groups excluding carboxylic acids is 1. The first-order valence-electron chi connectivity index (χ1n) is 5.60. The topological polar surface area (TPSA) is 49.6 Å². The summed E-state index contributed by atoms with van der Waals surface area (Å²) in [5, 5.41) is 0. The van der Waals surface area contributed by atoms with E-state index in [0.29, 0.717) is 5.69 Å². The minimum atomic E-state index is -0.444. The van der Waals surface area contributed by atoms with E-state index in [1.165, 1.54) is 12.1 Å². The molecule has 0 saturated carbocycles. The van der Waals surface area contributed by atoms with Crippen molar-refractivity contribution in [3.63, 3.8) is 0 Å². The molecule has 1 aliphatic rings. The van der Waals surface area contributed by atoms with Crippen molar-refractivity contribution in [1.29, 1.82) is 0 Å². The van der Waals surface area contributed by atoms with Crippen LogP contribution in [0.15, 0.2) is 18.2 Å². The fourth-order valence-electron chi connectivity index (χ4n) is 2.15. The van der Waals surface area contributed by atoms with E-state index in [4.69, 9.17) is 5.73 Å². The number of nitrogens with zero attached hydrogens (tertiary/aromatic N) is 2. The van der Waals surface area contributed by atoms with Crippen LogP contribution in [0.5, 0.6) is 0 Å². The summed E-state index contributed by atoms with van der Waals surface area (Å²) in [5.74, 6) is -0.444. The maximum absolute atomic E-state index is 13.4. The Hall–Kier alpha value is -1.62. The average molecular weight is 237 g/mol. The molecule has 5 heteroatoms. The van der Waals surface area contributed by atoms with Crippen molar-refractivity contribution < 1.29 is 9.18 Å². The van der Waals surface area contributed by atoms with Crippen LogP contribution < -0.4 is 10.6 Å². The molecule has 1 unspecified atom stereocenters. The SMILES string of the molecule is CN1CCCN(c2ccc(N)c(F)c2)C1C=O. The molecule has 0 amide bonds. The third kappa shape index (κ3) is 2.24. The predicted molar refractivity (Wildman–Crippen MR) is 65.3 cm³/mol. The van der Waals surface area contributed by atoms with Gasteiger partial charge in [0.25, 0.3) is 0 Å². The smallest absolute Gasteiger partial charge is 0.157 e. The molecule has 4 nitrogen and oxygen atoms in total. The summed E-state index contributed by atoms with van der Waals surface area (Å²) in [5.41, 5.74) is 6.26. The van der Waals surface area contributed by atoms with Crippen LogP contribution in [0.25, 0.3) is 0 Å². The van der Waals surface area contributed by atoms with Gasteiger partial charge in [-0.1, -0.05) is 0 Å². The number of nitrogens with two attached hydrogens (primary N) is 1. The summed E-state index contributed by atoms with van der Waals surface area (Å²) < 4.78 is 13.4. The fraction of sp³-hybridized carbons (Fsp3) is 0.417. The van der Waals surface area contributed by atoms with Crippen LogP contribution >= 0.6 is 0 Å². The Morgan fingerprint density at radius 3 is 2.88 bits per heavy atom. The second kappa shape index (κ2) is 4.71. The molecule has 1 aliphatic heterocycles. The second-order valence-electron chi connectivity index (χ2n) is 4.28. The standard InChI is InChI=1S/C12H16FN3O/c1-15-5-2-6-16(12(15)8-17)9-3-4-11(14)10(13)7-9/h3-4,7-8,12H,2,5-6,14H2,1H3. The molecule has 1 heterocycles. The summed E-state index contributed by atoms with van der Waals surface area (Å²) in [4.78, 5) is 14.9. The third-order valence-electron chi connectivity index (χ3n) is 3.12. The molecule has 1 atom stereocenters. The third-order valence-corrected chi connectivity index (χ3v) is 3.12. The van der Waals surface area contributed by atoms with E-state index in [9.17, 15) is 9.18 Å². The Kier molecular flexibility index (Phi) is 3.28. The van der Waals surface area contributed by atoms with Gasteiger partial charge >= 0.3 is 0 Å². The molecule has 0 bridgehead atoms. The van der Waals surface area contributed by atoms with Crippen LogP contribution in [-0.2, 0) is 4.79 Å². The van der Waals surface area contributed by atoms with Gasteiger partial charge in [-0.15, -0.1) is 0 Å². The van der Waals surface area contributed by atoms with Crippen molar-refractivity contribution in [1.82, 2.24) is 4.90 Å². The first kappa shape index (κ1) is 11.9. The molecule has 0 aromatic heterocycles. The van der Waals surface area contributed by atoms with Crippen LogP contribution in [0.1, 0.15) is 6.42 Å². The van der Waals surface area contributed by atoms with E-state index in [2.05, 4.69) is 0 Å². The van der Waals surface area contributed by atoms with Gasteiger partial charge in [-0.2, -0.15) is 0 Å². The number of hydrogen-bond acceptors (Lipinski definition) is 4. The largest absolute Gasteiger partial charge is 0.396 e. The molecular weight excluding hydrogens is 221 g/mol. The monoisotopic (exact) mass is 237 g/mol. The molecule has 92 valence electrons. The highest BCUT2D eigenvalue weighted by atomic mass is 19.1. The lowest BCUT2D eigenvalue weighted by Crippen LogP contribution is -2.53. The van der Waals surface area contributed by atoms with Crippen molar-refractivity contribution in [2.75, 3.05) is 30.8 Å². The van der Waals surface area contributed by atoms with Gasteiger partial charge in [-0.05, 0) is 31.7 Å². The van der Waals surface area contributed by atoms with E-state index in [0.717, 1.165) is 25.8 Å². The Morgan fingerprint density at radius 1 is 1.47 bits per heavy atom. The second-order valence-corrected chi connectivity index (χ2v) is 4.28. The molecule has 17 heavy (non-hydrogen) atoms. The number of rotatable bonds is 2. The number of aldehydes is 1. The van der Waals surface area contributed by atoms with Crippen molar-refractivity contribution in [3.05, 3.63) is 24.0 Å². The molecular formula is C12H16FN3O. The van der Waals surface area contributed by atoms with Gasteiger partial charge < -0.3 is 10.6 Å². The van der Waals surface area contributed by atoms with Gasteiger partial charge in [0.05, 0.1) is 5.69 Å². The number of benzene rings is 1. The highest BCUT2D eigenvalue weighted by Crippen LogP contribution is 2.24. The summed E-state index contributed by atoms with van der Waals surface area (Å²) in [7, 11) is 1.89. The maximum Gasteiger partial charge on any atom is 0.157 e. The number of likely N-dealkylation sites (N-methyl/N-ethyl adjacent to an activating group) is 1. The maximum atomic E-state index is 13.4. The molecule has 1 saturated heterocycles. The van der Waals surface area contributed by atoms with Crippen molar-refractivity contribution in [2.45, 2.75) is 12.6 Å². The van der Waals surface area contributed by atoms with Gasteiger partial charge in [0.1, 0.15) is 12.0 Å². The number of hydrogen-bond donors (Lipinski definition) is 1. The number of anilines is 2. The lowest BCUT2D eigenvalue weighted by Gasteiger charge is -2.40. The molecule has 2 N–H and O–H groups in total. The van der Waals surface area contributed by atoms with Crippen LogP contribution in [0.2, 0.25) is 0 Å². The molecule has 2 rings (SSSR count). The summed E-state index contributed by atoms with van der Waals surface area (Å²) >= 11 is 0. The van der Waals surface area contributed by atoms with E-state index >= 15 is 0 Å². The first-order chi connectivity index (χ1) is 8.13. The summed E-state index contributed by atoms with van der Waals surface area (Å²) in [6.45, 7) is 1.62. The highest BCUT2D eigenvalue weighted by Gasteiger charge is 2.26. The minimum absolute atomic E-state index is 0.127. The van der Waals surface area contributed by atoms with E-state index in [1.54, 1.807) is 6.07 Å². The molecule has 1 aromatic carbocycles. The van der Waals surface area contributed by atoms with Crippen LogP contribution in [-0.4, -0.2) is 37.5 Å². The Balaban J connectivity index is 2.30. The quantitative estimate of drug-likeness (QED) is 0.617. The molecule has 0 aliphatic carbocycles. The highest BCUT2D eigenvalue weighted by molar-refractivity contribution is 5.67. The molecule has 1 fully saturated rings. The van der Waals surface area contributed by atoms with E-state index in [-0.39, 0.29) is 11.9 Å². The summed E-state index contributed by atoms with van der Waals surface area (Å²) in [6.07, 6.45) is 1.51. The Labute approximate surface area is 99.8 Å². The Bertz CT molecular complexity index is 424. The van der Waals surface area contributed by atoms with Gasteiger partial charge in [0, 0.05) is 18.8 Å². The molecule has 0 spiro atoms. The number of carbonyl (C=O) groups is 1. The predicted octanol–water partition coefficient (Wildman–Crippen LogP) is 1.07. The lowest BCUT2D eigenvalue weighted by molar-refractivity contribution is -0.112. The van der Waals surface area contributed by atoms with Gasteiger partial charge in [0.15, 0.2) is 6.29 Å². The minimum Gasteiger partial charge on any atom is -0.396 e. The Morgan fingerprint density at radius 2 is 2.24 bits per heavy atom. The normalized spacial score (nSPS) is 21.5. The van der Waals surface area contributed by atoms with Gasteiger partial charge in [-0.3, -0.25) is 9.69 Å². The number of nitrogen functional groups attached to an aromatic ring is 1. The first-order valence-corrected chi connectivity index (χ1v) is 5.60. The van der Waals surface area contributed by atoms with E-state index in [1.807, 2.05) is 16.8 Å². The zero-order chi connectivity index (χ0) is 12.4. The van der Waals surface area contributed by atoms with Crippen LogP contribution in [0.3, 0.4) is 0 Å². The van der Waals surface area contributed by atoms with Crippen LogP contribution in [0.4, 0.5) is 15.8 Å². The van der Waals surface area contributed by atoms with Crippen LogP contribution in [0, 0.1) is 5.82 Å². The lowest BCUT2D eigenvalue weighted by atomic mass is 10.2. The molecule has 1 aromatic rings. The number of halogens is 1. The van der Waals surface area contributed by atoms with Crippen molar-refractivity contribution >= 4 is 17.7 Å². The van der Waals surface area contributed by atoms with Crippen molar-refractivity contribution in [3.8, 4) is 0 Å². The molecule has 0 radical (unpaired) electrons. The van der Waals surface area contributed by atoms with E-state index < -0.39 is 5.82 Å². The van der Waals surface area contributed by atoms with Gasteiger partial charge in [-0.25, -0.2) is 4.39 Å². The van der Waals surface area contributed by atoms with Gasteiger partial charge in [0.2, 0.25) is 0 Å². The fourth-order valence-corrected chi connectivity index (χ4v) is 2.15. The van der Waals surface area contributed by atoms with Crippen molar-refractivity contribution in [2.24, 2.45) is 0 Å². The zero-order valence-electron chi connectivity index (χ0n) is 9.77. The average Bonchev–Trinajstić information content (AvgIpc) is 2.32.